The summed E-state index contributed by atoms with van der Waals surface area (Å²) in [5.41, 5.74) is 2.03. The van der Waals surface area contributed by atoms with Crippen LogP contribution in [0.25, 0.3) is 5.76 Å². The predicted octanol–water partition coefficient (Wildman–Crippen LogP) is 5.38. The van der Waals surface area contributed by atoms with Gasteiger partial charge in [-0.3, -0.25) is 14.5 Å². The molecule has 10 nitrogen and oxygen atoms in total. The van der Waals surface area contributed by atoms with Crippen molar-refractivity contribution in [3.63, 3.8) is 0 Å². The zero-order valence-electron chi connectivity index (χ0n) is 24.1. The molecular formula is C31H32N2O8S. The number of anilines is 1. The minimum absolute atomic E-state index is 0.00875. The zero-order valence-corrected chi connectivity index (χ0v) is 24.9. The van der Waals surface area contributed by atoms with Crippen LogP contribution < -0.4 is 19.1 Å². The number of rotatable bonds is 9. The number of aliphatic hydroxyl groups excluding tert-OH is 1. The Balaban J connectivity index is 1.69. The molecule has 1 saturated heterocycles. The van der Waals surface area contributed by atoms with Gasteiger partial charge in [-0.25, -0.2) is 9.78 Å². The third-order valence-corrected chi connectivity index (χ3v) is 8.09. The van der Waals surface area contributed by atoms with E-state index in [0.29, 0.717) is 53.7 Å². The van der Waals surface area contributed by atoms with Crippen LogP contribution in [0, 0.1) is 6.92 Å². The van der Waals surface area contributed by atoms with Crippen LogP contribution in [-0.4, -0.2) is 53.7 Å². The number of aliphatic hydroxyl groups is 1. The van der Waals surface area contributed by atoms with Crippen LogP contribution in [0.1, 0.15) is 65.8 Å². The summed E-state index contributed by atoms with van der Waals surface area (Å²) < 4.78 is 22.5. The Morgan fingerprint density at radius 3 is 2.52 bits per heavy atom. The smallest absolute Gasteiger partial charge is 0.350 e. The van der Waals surface area contributed by atoms with Crippen LogP contribution in [0.5, 0.6) is 17.2 Å². The van der Waals surface area contributed by atoms with Gasteiger partial charge in [0.2, 0.25) is 0 Å². The standard InChI is InChI=1S/C31H32N2O8S/c1-6-38-22-12-9-18(15-23(22)39-7-2)25-24(26(34)19-10-11-21-20(14-19)13-16(4)41-21)27(35)29(36)33(25)31-32-17(5)28(42-31)30(37)40-8-3/h9-12,14-16,25,34H,6-8,13H2,1-5H3/t16-,25+/m0/s1. The molecule has 1 amide bonds. The fourth-order valence-corrected chi connectivity index (χ4v) is 6.17. The highest BCUT2D eigenvalue weighted by molar-refractivity contribution is 7.17. The van der Waals surface area contributed by atoms with Crippen molar-refractivity contribution in [2.45, 2.75) is 53.2 Å². The van der Waals surface area contributed by atoms with E-state index < -0.39 is 23.7 Å². The third-order valence-electron chi connectivity index (χ3n) is 6.95. The molecule has 3 heterocycles. The Morgan fingerprint density at radius 1 is 1.07 bits per heavy atom. The molecule has 42 heavy (non-hydrogen) atoms. The van der Waals surface area contributed by atoms with Gasteiger partial charge in [0.05, 0.1) is 37.1 Å². The molecule has 2 aromatic carbocycles. The number of amides is 1. The van der Waals surface area contributed by atoms with Gasteiger partial charge in [-0.15, -0.1) is 0 Å². The molecule has 220 valence electrons. The second-order valence-corrected chi connectivity index (χ2v) is 10.8. The Hall–Kier alpha value is -4.38. The van der Waals surface area contributed by atoms with E-state index in [-0.39, 0.29) is 34.1 Å². The van der Waals surface area contributed by atoms with Gasteiger partial charge in [0.1, 0.15) is 22.5 Å². The molecule has 1 aromatic heterocycles. The molecule has 1 fully saturated rings. The molecule has 0 unspecified atom stereocenters. The van der Waals surface area contributed by atoms with Gasteiger partial charge in [-0.2, -0.15) is 0 Å². The summed E-state index contributed by atoms with van der Waals surface area (Å²) in [6.45, 7) is 9.91. The van der Waals surface area contributed by atoms with Crippen molar-refractivity contribution in [3.8, 4) is 17.2 Å². The van der Waals surface area contributed by atoms with E-state index in [1.165, 1.54) is 4.90 Å². The highest BCUT2D eigenvalue weighted by Gasteiger charge is 2.49. The first-order chi connectivity index (χ1) is 20.2. The van der Waals surface area contributed by atoms with E-state index in [9.17, 15) is 19.5 Å². The molecular weight excluding hydrogens is 560 g/mol. The number of esters is 1. The number of Topliss-reactive ketones (excluding diaryl/α,β-unsaturated/α-hetero) is 1. The highest BCUT2D eigenvalue weighted by atomic mass is 32.1. The fraction of sp³-hybridized carbons (Fsp3) is 0.355. The number of nitrogens with zero attached hydrogens (tertiary/aromatic N) is 2. The third kappa shape index (κ3) is 5.20. The molecule has 2 aliphatic rings. The molecule has 0 saturated carbocycles. The first-order valence-corrected chi connectivity index (χ1v) is 14.6. The minimum atomic E-state index is -1.07. The summed E-state index contributed by atoms with van der Waals surface area (Å²) in [7, 11) is 0. The molecule has 0 radical (unpaired) electrons. The number of aryl methyl sites for hydroxylation is 1. The lowest BCUT2D eigenvalue weighted by atomic mass is 9.94. The van der Waals surface area contributed by atoms with E-state index in [2.05, 4.69) is 4.98 Å². The van der Waals surface area contributed by atoms with Crippen molar-refractivity contribution in [2.24, 2.45) is 0 Å². The Morgan fingerprint density at radius 2 is 1.81 bits per heavy atom. The molecule has 2 aliphatic heterocycles. The van der Waals surface area contributed by atoms with Crippen LogP contribution in [0.2, 0.25) is 0 Å². The number of hydrogen-bond acceptors (Lipinski definition) is 10. The molecule has 2 atom stereocenters. The molecule has 5 rings (SSSR count). The molecule has 0 aliphatic carbocycles. The van der Waals surface area contributed by atoms with Crippen molar-refractivity contribution in [3.05, 3.63) is 69.2 Å². The molecule has 0 bridgehead atoms. The van der Waals surface area contributed by atoms with E-state index >= 15 is 0 Å². The zero-order chi connectivity index (χ0) is 30.1. The molecule has 3 aromatic rings. The lowest BCUT2D eigenvalue weighted by molar-refractivity contribution is -0.132. The van der Waals surface area contributed by atoms with Crippen LogP contribution in [0.4, 0.5) is 5.13 Å². The highest BCUT2D eigenvalue weighted by Crippen LogP contribution is 2.46. The van der Waals surface area contributed by atoms with Crippen molar-refractivity contribution >= 4 is 39.9 Å². The lowest BCUT2D eigenvalue weighted by Gasteiger charge is -2.24. The summed E-state index contributed by atoms with van der Waals surface area (Å²) >= 11 is 0.951. The maximum atomic E-state index is 13.7. The van der Waals surface area contributed by atoms with E-state index in [1.54, 1.807) is 50.2 Å². The summed E-state index contributed by atoms with van der Waals surface area (Å²) in [5, 5.41) is 11.8. The molecule has 1 N–H and O–H groups in total. The van der Waals surface area contributed by atoms with Crippen molar-refractivity contribution < 1.29 is 38.4 Å². The quantitative estimate of drug-likeness (QED) is 0.151. The number of carbonyl (C=O) groups excluding carboxylic acids is 3. The van der Waals surface area contributed by atoms with Gasteiger partial charge in [0, 0.05) is 12.0 Å². The Bertz CT molecular complexity index is 1590. The Labute approximate surface area is 247 Å². The predicted molar refractivity (Wildman–Crippen MR) is 157 cm³/mol. The number of benzene rings is 2. The van der Waals surface area contributed by atoms with Crippen molar-refractivity contribution in [1.29, 1.82) is 0 Å². The molecule has 0 spiro atoms. The van der Waals surface area contributed by atoms with E-state index in [0.717, 1.165) is 16.9 Å². The summed E-state index contributed by atoms with van der Waals surface area (Å²) in [4.78, 5) is 45.8. The summed E-state index contributed by atoms with van der Waals surface area (Å²) in [6, 6.07) is 9.23. The number of carbonyl (C=O) groups is 3. The average molecular weight is 593 g/mol. The van der Waals surface area contributed by atoms with Crippen LogP contribution in [0.15, 0.2) is 42.0 Å². The average Bonchev–Trinajstić information content (AvgIpc) is 3.61. The number of ether oxygens (including phenoxy) is 4. The van der Waals surface area contributed by atoms with Crippen molar-refractivity contribution in [1.82, 2.24) is 4.98 Å². The number of aromatic nitrogens is 1. The minimum Gasteiger partial charge on any atom is -0.507 e. The van der Waals surface area contributed by atoms with Gasteiger partial charge < -0.3 is 24.1 Å². The molecule has 11 heteroatoms. The van der Waals surface area contributed by atoms with Gasteiger partial charge in [0.15, 0.2) is 16.6 Å². The van der Waals surface area contributed by atoms with Crippen molar-refractivity contribution in [2.75, 3.05) is 24.7 Å². The fourth-order valence-electron chi connectivity index (χ4n) is 5.18. The first-order valence-electron chi connectivity index (χ1n) is 13.8. The largest absolute Gasteiger partial charge is 0.507 e. The number of ketones is 1. The first kappa shape index (κ1) is 29.1. The van der Waals surface area contributed by atoms with E-state index in [4.69, 9.17) is 18.9 Å². The second kappa shape index (κ2) is 11.8. The van der Waals surface area contributed by atoms with Crippen LogP contribution >= 0.6 is 11.3 Å². The lowest BCUT2D eigenvalue weighted by Crippen LogP contribution is -2.29. The normalized spacial score (nSPS) is 19.0. The van der Waals surface area contributed by atoms with Crippen LogP contribution in [0.3, 0.4) is 0 Å². The number of thiazole rings is 1. The second-order valence-electron chi connectivity index (χ2n) is 9.83. The monoisotopic (exact) mass is 592 g/mol. The van der Waals surface area contributed by atoms with Crippen LogP contribution in [-0.2, 0) is 20.7 Å². The number of fused-ring (bicyclic) bond motifs is 1. The van der Waals surface area contributed by atoms with Gasteiger partial charge in [0.25, 0.3) is 5.78 Å². The number of hydrogen-bond donors (Lipinski definition) is 1. The SMILES string of the molecule is CCOC(=O)c1sc(N2C(=O)C(=O)C(=C(O)c3ccc4c(c3)C[C@H](C)O4)[C@H]2c2ccc(OCC)c(OCC)c2)nc1C. The van der Waals surface area contributed by atoms with E-state index in [1.807, 2.05) is 20.8 Å². The maximum absolute atomic E-state index is 13.7. The van der Waals surface area contributed by atoms with Gasteiger partial charge in [-0.1, -0.05) is 17.4 Å². The summed E-state index contributed by atoms with van der Waals surface area (Å²) in [6.07, 6.45) is 0.644. The maximum Gasteiger partial charge on any atom is 0.350 e. The Kier molecular flexibility index (Phi) is 8.22. The topological polar surface area (TPSA) is 124 Å². The van der Waals surface area contributed by atoms with Gasteiger partial charge in [-0.05, 0) is 76.1 Å². The van der Waals surface area contributed by atoms with Gasteiger partial charge >= 0.3 is 11.9 Å². The summed E-state index contributed by atoms with van der Waals surface area (Å²) in [5.74, 6) is -1.00.